The van der Waals surface area contributed by atoms with Crippen molar-refractivity contribution in [3.8, 4) is 5.75 Å². The highest BCUT2D eigenvalue weighted by molar-refractivity contribution is 5.46. The molecule has 0 aliphatic carbocycles. The van der Waals surface area contributed by atoms with Crippen molar-refractivity contribution in [2.45, 2.75) is 20.1 Å². The van der Waals surface area contributed by atoms with Crippen LogP contribution in [0.5, 0.6) is 5.75 Å². The lowest BCUT2D eigenvalue weighted by atomic mass is 10.2. The topological polar surface area (TPSA) is 64.4 Å². The molecule has 0 unspecified atom stereocenters. The Morgan fingerprint density at radius 2 is 1.73 bits per heavy atom. The van der Waals surface area contributed by atoms with Gasteiger partial charge in [0.1, 0.15) is 12.4 Å². The van der Waals surface area contributed by atoms with Crippen LogP contribution in [0.3, 0.4) is 0 Å². The van der Waals surface area contributed by atoms with Crippen LogP contribution in [0, 0.1) is 17.0 Å². The Hall–Kier alpha value is -3.34. The maximum Gasteiger partial charge on any atom is 0.269 e. The van der Waals surface area contributed by atoms with Gasteiger partial charge in [0.05, 0.1) is 4.92 Å². The minimum Gasteiger partial charge on any atom is -0.489 e. The highest BCUT2D eigenvalue weighted by Gasteiger charge is 2.04. The Labute approximate surface area is 152 Å². The molecule has 0 radical (unpaired) electrons. The van der Waals surface area contributed by atoms with Gasteiger partial charge in [0.2, 0.25) is 0 Å². The van der Waals surface area contributed by atoms with E-state index in [4.69, 9.17) is 4.74 Å². The number of aryl methyl sites for hydroxylation is 1. The van der Waals surface area contributed by atoms with Crippen molar-refractivity contribution in [1.82, 2.24) is 0 Å². The molecule has 0 fully saturated rings. The van der Waals surface area contributed by atoms with Crippen molar-refractivity contribution in [3.05, 3.63) is 99.6 Å². The standard InChI is InChI=1S/C21H20N2O3/c1-16-4-2-6-19(12-16)22-14-18-5-3-7-21(13-18)26-15-17-8-10-20(11-9-17)23(24)25/h2-13,22H,14-15H2,1H3. The highest BCUT2D eigenvalue weighted by Crippen LogP contribution is 2.18. The average Bonchev–Trinajstić information content (AvgIpc) is 2.65. The minimum absolute atomic E-state index is 0.0815. The molecule has 0 heterocycles. The number of nitro groups is 1. The van der Waals surface area contributed by atoms with E-state index in [1.807, 2.05) is 36.4 Å². The lowest BCUT2D eigenvalue weighted by Crippen LogP contribution is -2.01. The second kappa shape index (κ2) is 8.16. The summed E-state index contributed by atoms with van der Waals surface area (Å²) in [5.74, 6) is 0.770. The maximum absolute atomic E-state index is 10.7. The van der Waals surface area contributed by atoms with Crippen molar-refractivity contribution < 1.29 is 9.66 Å². The predicted octanol–water partition coefficient (Wildman–Crippen LogP) is 5.09. The van der Waals surface area contributed by atoms with Crippen LogP contribution in [0.15, 0.2) is 72.8 Å². The summed E-state index contributed by atoms with van der Waals surface area (Å²) in [5, 5.41) is 14.1. The van der Waals surface area contributed by atoms with Gasteiger partial charge in [-0.3, -0.25) is 10.1 Å². The Morgan fingerprint density at radius 1 is 0.962 bits per heavy atom. The third-order valence-electron chi connectivity index (χ3n) is 3.97. The monoisotopic (exact) mass is 348 g/mol. The van der Waals surface area contributed by atoms with E-state index < -0.39 is 4.92 Å². The normalized spacial score (nSPS) is 10.3. The third kappa shape index (κ3) is 4.83. The van der Waals surface area contributed by atoms with Crippen molar-refractivity contribution in [1.29, 1.82) is 0 Å². The second-order valence-corrected chi connectivity index (χ2v) is 6.08. The van der Waals surface area contributed by atoms with Gasteiger partial charge >= 0.3 is 0 Å². The van der Waals surface area contributed by atoms with Crippen molar-refractivity contribution in [2.24, 2.45) is 0 Å². The minimum atomic E-state index is -0.407. The number of benzene rings is 3. The summed E-state index contributed by atoms with van der Waals surface area (Å²) in [7, 11) is 0. The van der Waals surface area contributed by atoms with Gasteiger partial charge in [-0.05, 0) is 60.0 Å². The van der Waals surface area contributed by atoms with Gasteiger partial charge < -0.3 is 10.1 Å². The molecule has 5 heteroatoms. The van der Waals surface area contributed by atoms with E-state index in [1.54, 1.807) is 12.1 Å². The van der Waals surface area contributed by atoms with E-state index >= 15 is 0 Å². The Morgan fingerprint density at radius 3 is 2.46 bits per heavy atom. The summed E-state index contributed by atoms with van der Waals surface area (Å²) < 4.78 is 5.81. The van der Waals surface area contributed by atoms with Crippen LogP contribution in [-0.4, -0.2) is 4.92 Å². The van der Waals surface area contributed by atoms with Gasteiger partial charge in [0.25, 0.3) is 5.69 Å². The fourth-order valence-electron chi connectivity index (χ4n) is 2.58. The molecular weight excluding hydrogens is 328 g/mol. The molecular formula is C21H20N2O3. The van der Waals surface area contributed by atoms with Gasteiger partial charge in [-0.25, -0.2) is 0 Å². The number of non-ortho nitro benzene ring substituents is 1. The molecule has 5 nitrogen and oxygen atoms in total. The lowest BCUT2D eigenvalue weighted by Gasteiger charge is -2.10. The van der Waals surface area contributed by atoms with Gasteiger partial charge in [-0.2, -0.15) is 0 Å². The third-order valence-corrected chi connectivity index (χ3v) is 3.97. The van der Waals surface area contributed by atoms with Crippen LogP contribution in [0.4, 0.5) is 11.4 Å². The molecule has 0 aromatic heterocycles. The molecule has 3 aromatic rings. The van der Waals surface area contributed by atoms with Gasteiger partial charge in [0, 0.05) is 24.4 Å². The molecule has 3 rings (SSSR count). The van der Waals surface area contributed by atoms with E-state index in [0.29, 0.717) is 13.2 Å². The number of hydrogen-bond donors (Lipinski definition) is 1. The predicted molar refractivity (Wildman–Crippen MR) is 102 cm³/mol. The van der Waals surface area contributed by atoms with Crippen molar-refractivity contribution in [2.75, 3.05) is 5.32 Å². The van der Waals surface area contributed by atoms with E-state index in [0.717, 1.165) is 22.6 Å². The number of nitro benzene ring substituents is 1. The van der Waals surface area contributed by atoms with E-state index in [2.05, 4.69) is 24.4 Å². The molecule has 3 aromatic carbocycles. The number of nitrogens with zero attached hydrogens (tertiary/aromatic N) is 1. The smallest absolute Gasteiger partial charge is 0.269 e. The van der Waals surface area contributed by atoms with Crippen molar-refractivity contribution >= 4 is 11.4 Å². The van der Waals surface area contributed by atoms with Crippen LogP contribution in [0.2, 0.25) is 0 Å². The Balaban J connectivity index is 1.57. The van der Waals surface area contributed by atoms with Gasteiger partial charge in [-0.15, -0.1) is 0 Å². The summed E-state index contributed by atoms with van der Waals surface area (Å²) >= 11 is 0. The summed E-state index contributed by atoms with van der Waals surface area (Å²) in [6.45, 7) is 3.14. The second-order valence-electron chi connectivity index (χ2n) is 6.08. The largest absolute Gasteiger partial charge is 0.489 e. The number of hydrogen-bond acceptors (Lipinski definition) is 4. The Kier molecular flexibility index (Phi) is 5.49. The number of rotatable bonds is 7. The fourth-order valence-corrected chi connectivity index (χ4v) is 2.58. The fraction of sp³-hybridized carbons (Fsp3) is 0.143. The van der Waals surface area contributed by atoms with Crippen LogP contribution in [0.25, 0.3) is 0 Å². The van der Waals surface area contributed by atoms with Crippen molar-refractivity contribution in [3.63, 3.8) is 0 Å². The summed E-state index contributed by atoms with van der Waals surface area (Å²) in [6.07, 6.45) is 0. The molecule has 0 aliphatic heterocycles. The summed E-state index contributed by atoms with van der Waals surface area (Å²) in [6, 6.07) is 22.5. The number of ether oxygens (including phenoxy) is 1. The zero-order valence-electron chi connectivity index (χ0n) is 14.5. The zero-order valence-corrected chi connectivity index (χ0v) is 14.5. The van der Waals surface area contributed by atoms with Crippen LogP contribution in [-0.2, 0) is 13.2 Å². The maximum atomic E-state index is 10.7. The molecule has 0 saturated heterocycles. The molecule has 0 atom stereocenters. The molecule has 132 valence electrons. The number of anilines is 1. The van der Waals surface area contributed by atoms with E-state index in [9.17, 15) is 10.1 Å². The first-order valence-electron chi connectivity index (χ1n) is 8.36. The van der Waals surface area contributed by atoms with Crippen LogP contribution < -0.4 is 10.1 Å². The molecule has 0 spiro atoms. The SMILES string of the molecule is Cc1cccc(NCc2cccc(OCc3ccc([N+](=O)[O-])cc3)c2)c1. The van der Waals surface area contributed by atoms with Crippen LogP contribution in [0.1, 0.15) is 16.7 Å². The molecule has 0 saturated carbocycles. The first-order valence-corrected chi connectivity index (χ1v) is 8.36. The lowest BCUT2D eigenvalue weighted by molar-refractivity contribution is -0.384. The van der Waals surface area contributed by atoms with E-state index in [-0.39, 0.29) is 5.69 Å². The zero-order chi connectivity index (χ0) is 18.4. The van der Waals surface area contributed by atoms with Gasteiger partial charge in [0.15, 0.2) is 0 Å². The average molecular weight is 348 g/mol. The number of nitrogens with one attached hydrogen (secondary N) is 1. The molecule has 1 N–H and O–H groups in total. The highest BCUT2D eigenvalue weighted by atomic mass is 16.6. The molecule has 0 aliphatic rings. The van der Waals surface area contributed by atoms with E-state index in [1.165, 1.54) is 17.7 Å². The van der Waals surface area contributed by atoms with Gasteiger partial charge in [-0.1, -0.05) is 24.3 Å². The van der Waals surface area contributed by atoms with Crippen LogP contribution >= 0.6 is 0 Å². The molecule has 0 bridgehead atoms. The first-order chi connectivity index (χ1) is 12.6. The Bertz CT molecular complexity index is 892. The molecule has 26 heavy (non-hydrogen) atoms. The quantitative estimate of drug-likeness (QED) is 0.477. The molecule has 0 amide bonds. The summed E-state index contributed by atoms with van der Waals surface area (Å²) in [4.78, 5) is 10.3. The summed E-state index contributed by atoms with van der Waals surface area (Å²) in [5.41, 5.74) is 4.39. The first kappa shape index (κ1) is 17.5.